The average Bonchev–Trinajstić information content (AvgIpc) is 2.64. The lowest BCUT2D eigenvalue weighted by atomic mass is 9.93. The van der Waals surface area contributed by atoms with Crippen molar-refractivity contribution >= 4 is 49.1 Å². The molecule has 0 atom stereocenters. The quantitative estimate of drug-likeness (QED) is 0.584. The van der Waals surface area contributed by atoms with E-state index in [9.17, 15) is 9.59 Å². The number of carbonyl (C=O) groups excluding carboxylic acids is 1. The molecule has 3 saturated heterocycles. The van der Waals surface area contributed by atoms with Gasteiger partial charge in [0.1, 0.15) is 0 Å². The van der Waals surface area contributed by atoms with E-state index in [-0.39, 0.29) is 49.7 Å². The van der Waals surface area contributed by atoms with Gasteiger partial charge < -0.3 is 15.3 Å². The van der Waals surface area contributed by atoms with E-state index >= 15 is 0 Å². The third-order valence-corrected chi connectivity index (χ3v) is 6.28. The van der Waals surface area contributed by atoms with Crippen molar-refractivity contribution in [3.63, 3.8) is 0 Å². The van der Waals surface area contributed by atoms with Crippen LogP contribution in [0.4, 0.5) is 0 Å². The van der Waals surface area contributed by atoms with E-state index < -0.39 is 5.97 Å². The molecule has 0 spiro atoms. The molecular formula is C19H37Cl3N4O3. The van der Waals surface area contributed by atoms with Gasteiger partial charge in [-0.3, -0.25) is 19.4 Å². The summed E-state index contributed by atoms with van der Waals surface area (Å²) < 4.78 is 0. The van der Waals surface area contributed by atoms with Crippen LogP contribution in [0.1, 0.15) is 38.5 Å². The van der Waals surface area contributed by atoms with E-state index in [1.807, 2.05) is 4.90 Å². The van der Waals surface area contributed by atoms with Gasteiger partial charge in [-0.2, -0.15) is 0 Å². The van der Waals surface area contributed by atoms with Gasteiger partial charge in [-0.1, -0.05) is 0 Å². The summed E-state index contributed by atoms with van der Waals surface area (Å²) in [6.07, 6.45) is 6.87. The second-order valence-corrected chi connectivity index (χ2v) is 8.09. The first kappa shape index (κ1) is 28.7. The Morgan fingerprint density at radius 1 is 1.00 bits per heavy atom. The van der Waals surface area contributed by atoms with E-state index in [2.05, 4.69) is 15.1 Å². The van der Waals surface area contributed by atoms with Crippen LogP contribution in [0.15, 0.2) is 0 Å². The number of carboxylic acid groups (broad SMARTS) is 1. The molecular weight excluding hydrogens is 439 g/mol. The number of hydrogen-bond donors (Lipinski definition) is 2. The number of halogens is 3. The molecule has 3 aliphatic rings. The third-order valence-electron chi connectivity index (χ3n) is 6.28. The summed E-state index contributed by atoms with van der Waals surface area (Å²) in [7, 11) is 0. The van der Waals surface area contributed by atoms with Crippen molar-refractivity contribution in [1.82, 2.24) is 20.0 Å². The highest BCUT2D eigenvalue weighted by Crippen LogP contribution is 2.20. The SMILES string of the molecule is Cl.Cl.Cl.O=C(O)CN1CCC(N2CCN(CCCC3CCNCC3)C(=O)C2)CC1. The topological polar surface area (TPSA) is 76.1 Å². The van der Waals surface area contributed by atoms with Crippen LogP contribution in [0.3, 0.4) is 0 Å². The molecule has 2 N–H and O–H groups in total. The minimum Gasteiger partial charge on any atom is -0.480 e. The monoisotopic (exact) mass is 474 g/mol. The number of piperazine rings is 1. The van der Waals surface area contributed by atoms with Crippen LogP contribution < -0.4 is 5.32 Å². The van der Waals surface area contributed by atoms with E-state index in [0.717, 1.165) is 71.0 Å². The number of carboxylic acids is 1. The zero-order chi connectivity index (χ0) is 18.4. The van der Waals surface area contributed by atoms with Gasteiger partial charge in [0.25, 0.3) is 0 Å². The second kappa shape index (κ2) is 14.7. The molecule has 0 aromatic rings. The van der Waals surface area contributed by atoms with Crippen molar-refractivity contribution in [3.8, 4) is 0 Å². The van der Waals surface area contributed by atoms with E-state index in [0.29, 0.717) is 12.6 Å². The molecule has 3 aliphatic heterocycles. The number of nitrogens with one attached hydrogen (secondary N) is 1. The summed E-state index contributed by atoms with van der Waals surface area (Å²) in [4.78, 5) is 29.7. The molecule has 10 heteroatoms. The molecule has 3 heterocycles. The first-order valence-electron chi connectivity index (χ1n) is 10.3. The van der Waals surface area contributed by atoms with Crippen molar-refractivity contribution < 1.29 is 14.7 Å². The standard InChI is InChI=1S/C19H34N4O3.3ClH/c24-18-14-23(17-5-10-21(11-6-17)15-19(25)26)13-12-22(18)9-1-2-16-3-7-20-8-4-16;;;/h16-17,20H,1-15H2,(H,25,26);3*1H. The van der Waals surface area contributed by atoms with Crippen molar-refractivity contribution in [1.29, 1.82) is 0 Å². The fourth-order valence-electron chi connectivity index (χ4n) is 4.65. The van der Waals surface area contributed by atoms with Gasteiger partial charge in [-0.15, -0.1) is 37.2 Å². The van der Waals surface area contributed by atoms with Crippen LogP contribution >= 0.6 is 37.2 Å². The van der Waals surface area contributed by atoms with Gasteiger partial charge in [0, 0.05) is 38.8 Å². The first-order valence-corrected chi connectivity index (χ1v) is 10.3. The number of carbonyl (C=O) groups is 2. The molecule has 0 bridgehead atoms. The van der Waals surface area contributed by atoms with Crippen molar-refractivity contribution in [2.75, 3.05) is 58.9 Å². The molecule has 172 valence electrons. The molecule has 0 unspecified atom stereocenters. The van der Waals surface area contributed by atoms with Crippen molar-refractivity contribution in [2.24, 2.45) is 5.92 Å². The van der Waals surface area contributed by atoms with Gasteiger partial charge in [-0.05, 0) is 57.5 Å². The predicted octanol–water partition coefficient (Wildman–Crippen LogP) is 1.72. The zero-order valence-corrected chi connectivity index (χ0v) is 19.5. The van der Waals surface area contributed by atoms with Gasteiger partial charge >= 0.3 is 5.97 Å². The summed E-state index contributed by atoms with van der Waals surface area (Å²) in [6, 6.07) is 0.431. The van der Waals surface area contributed by atoms with Gasteiger partial charge in [-0.25, -0.2) is 0 Å². The molecule has 3 rings (SSSR count). The second-order valence-electron chi connectivity index (χ2n) is 8.09. The van der Waals surface area contributed by atoms with Gasteiger partial charge in [0.15, 0.2) is 0 Å². The Bertz CT molecular complexity index is 487. The Morgan fingerprint density at radius 3 is 2.24 bits per heavy atom. The third kappa shape index (κ3) is 9.15. The molecule has 0 aliphatic carbocycles. The molecule has 0 saturated carbocycles. The fraction of sp³-hybridized carbons (Fsp3) is 0.895. The Balaban J connectivity index is 0.00000261. The average molecular weight is 476 g/mol. The van der Waals surface area contributed by atoms with Crippen LogP contribution in [-0.2, 0) is 9.59 Å². The van der Waals surface area contributed by atoms with Crippen molar-refractivity contribution in [2.45, 2.75) is 44.6 Å². The fourth-order valence-corrected chi connectivity index (χ4v) is 4.65. The number of piperidine rings is 2. The molecule has 0 aromatic heterocycles. The van der Waals surface area contributed by atoms with E-state index in [1.165, 1.54) is 19.3 Å². The minimum absolute atomic E-state index is 0. The van der Waals surface area contributed by atoms with Crippen molar-refractivity contribution in [3.05, 3.63) is 0 Å². The molecule has 3 fully saturated rings. The van der Waals surface area contributed by atoms with Crippen LogP contribution in [0.2, 0.25) is 0 Å². The highest BCUT2D eigenvalue weighted by molar-refractivity contribution is 5.86. The maximum absolute atomic E-state index is 12.5. The summed E-state index contributed by atoms with van der Waals surface area (Å²) >= 11 is 0. The highest BCUT2D eigenvalue weighted by Gasteiger charge is 2.31. The summed E-state index contributed by atoms with van der Waals surface area (Å²) in [5, 5.41) is 12.3. The van der Waals surface area contributed by atoms with E-state index in [1.54, 1.807) is 0 Å². The molecule has 1 amide bonds. The lowest BCUT2D eigenvalue weighted by molar-refractivity contribution is -0.139. The van der Waals surface area contributed by atoms with Crippen LogP contribution in [-0.4, -0.2) is 96.6 Å². The number of aliphatic carboxylic acids is 1. The molecule has 0 radical (unpaired) electrons. The number of nitrogens with zero attached hydrogens (tertiary/aromatic N) is 3. The Labute approximate surface area is 193 Å². The van der Waals surface area contributed by atoms with Gasteiger partial charge in [0.2, 0.25) is 5.91 Å². The Hall–Kier alpha value is -0.310. The molecule has 0 aromatic carbocycles. The summed E-state index contributed by atoms with van der Waals surface area (Å²) in [5.74, 6) is 0.356. The van der Waals surface area contributed by atoms with Crippen LogP contribution in [0.25, 0.3) is 0 Å². The normalized spacial score (nSPS) is 22.3. The Kier molecular flexibility index (Phi) is 14.5. The largest absolute Gasteiger partial charge is 0.480 e. The van der Waals surface area contributed by atoms with E-state index in [4.69, 9.17) is 5.11 Å². The Morgan fingerprint density at radius 2 is 1.66 bits per heavy atom. The smallest absolute Gasteiger partial charge is 0.317 e. The number of likely N-dealkylation sites (tertiary alicyclic amines) is 1. The number of hydrogen-bond acceptors (Lipinski definition) is 5. The summed E-state index contributed by atoms with van der Waals surface area (Å²) in [6.45, 7) is 7.33. The van der Waals surface area contributed by atoms with Crippen LogP contribution in [0, 0.1) is 5.92 Å². The zero-order valence-electron chi connectivity index (χ0n) is 17.1. The lowest BCUT2D eigenvalue weighted by Gasteiger charge is -2.42. The van der Waals surface area contributed by atoms with Gasteiger partial charge in [0.05, 0.1) is 13.1 Å². The maximum Gasteiger partial charge on any atom is 0.317 e. The summed E-state index contributed by atoms with van der Waals surface area (Å²) in [5.41, 5.74) is 0. The van der Waals surface area contributed by atoms with Crippen LogP contribution in [0.5, 0.6) is 0 Å². The number of rotatable bonds is 7. The molecule has 29 heavy (non-hydrogen) atoms. The molecule has 7 nitrogen and oxygen atoms in total. The number of amides is 1. The first-order chi connectivity index (χ1) is 12.6. The predicted molar refractivity (Wildman–Crippen MR) is 122 cm³/mol. The minimum atomic E-state index is -0.753. The lowest BCUT2D eigenvalue weighted by Crippen LogP contribution is -2.56. The highest BCUT2D eigenvalue weighted by atomic mass is 35.5. The maximum atomic E-state index is 12.5.